The lowest BCUT2D eigenvalue weighted by Gasteiger charge is -2.29. The van der Waals surface area contributed by atoms with Gasteiger partial charge >= 0.3 is 0 Å². The molecule has 0 atom stereocenters. The van der Waals surface area contributed by atoms with E-state index in [0.717, 1.165) is 18.0 Å². The van der Waals surface area contributed by atoms with E-state index in [-0.39, 0.29) is 0 Å². The molecule has 1 aliphatic carbocycles. The maximum absolute atomic E-state index is 3.57. The number of hydrogen-bond donors (Lipinski definition) is 0. The number of benzene rings is 2. The van der Waals surface area contributed by atoms with Gasteiger partial charge in [-0.05, 0) is 55.7 Å². The maximum atomic E-state index is 3.57. The second-order valence-corrected chi connectivity index (χ2v) is 5.92. The van der Waals surface area contributed by atoms with Gasteiger partial charge in [-0.2, -0.15) is 0 Å². The van der Waals surface area contributed by atoms with Crippen molar-refractivity contribution in [1.82, 2.24) is 0 Å². The predicted octanol–water partition coefficient (Wildman–Crippen LogP) is 4.16. The van der Waals surface area contributed by atoms with Crippen molar-refractivity contribution in [2.75, 3.05) is 4.90 Å². The lowest BCUT2D eigenvalue weighted by Crippen LogP contribution is -2.18. The second kappa shape index (κ2) is 6.14. The highest BCUT2D eigenvalue weighted by atomic mass is 28.1. The molecule has 3 radical (unpaired) electrons. The van der Waals surface area contributed by atoms with E-state index in [1.54, 1.807) is 0 Å². The molecule has 1 aliphatic rings. The molecule has 0 fully saturated rings. The zero-order valence-electron chi connectivity index (χ0n) is 12.2. The van der Waals surface area contributed by atoms with E-state index in [4.69, 9.17) is 0 Å². The third-order valence-corrected chi connectivity index (χ3v) is 4.00. The molecule has 2 heteroatoms. The number of aryl methyl sites for hydroxylation is 1. The Balaban J connectivity index is 2.08. The Morgan fingerprint density at radius 2 is 1.81 bits per heavy atom. The van der Waals surface area contributed by atoms with Crippen LogP contribution in [0.25, 0.3) is 0 Å². The number of rotatable bonds is 3. The summed E-state index contributed by atoms with van der Waals surface area (Å²) in [4.78, 5) is 2.35. The summed E-state index contributed by atoms with van der Waals surface area (Å²) in [6, 6.07) is 17.2. The van der Waals surface area contributed by atoms with Crippen molar-refractivity contribution in [1.29, 1.82) is 0 Å². The molecule has 0 bridgehead atoms. The van der Waals surface area contributed by atoms with Crippen LogP contribution in [0, 0.1) is 6.92 Å². The van der Waals surface area contributed by atoms with Gasteiger partial charge in [0, 0.05) is 17.1 Å². The van der Waals surface area contributed by atoms with Gasteiger partial charge in [-0.25, -0.2) is 0 Å². The second-order valence-electron chi connectivity index (χ2n) is 5.35. The van der Waals surface area contributed by atoms with Crippen LogP contribution in [0.15, 0.2) is 72.5 Å². The standard InChI is InChI=1S/C19H18NSi/c1-15-6-5-9-18(14-15)20(16-7-3-2-4-8-16)17-10-12-19(21)13-11-17/h2-3,5-7,9-14H,4,8H2,1H3. The van der Waals surface area contributed by atoms with Crippen LogP contribution in [-0.4, -0.2) is 10.2 Å². The summed E-state index contributed by atoms with van der Waals surface area (Å²) in [5.74, 6) is 0. The Morgan fingerprint density at radius 3 is 2.48 bits per heavy atom. The van der Waals surface area contributed by atoms with Crippen molar-refractivity contribution in [3.63, 3.8) is 0 Å². The van der Waals surface area contributed by atoms with Gasteiger partial charge < -0.3 is 4.90 Å². The van der Waals surface area contributed by atoms with Crippen LogP contribution >= 0.6 is 0 Å². The Kier molecular flexibility index (Phi) is 4.07. The molecule has 0 N–H and O–H groups in total. The van der Waals surface area contributed by atoms with Crippen LogP contribution < -0.4 is 10.1 Å². The van der Waals surface area contributed by atoms with Crippen molar-refractivity contribution < 1.29 is 0 Å². The van der Waals surface area contributed by atoms with Crippen LogP contribution in [0.4, 0.5) is 11.4 Å². The summed E-state index contributed by atoms with van der Waals surface area (Å²) in [7, 11) is 3.57. The fourth-order valence-corrected chi connectivity index (χ4v) is 2.80. The predicted molar refractivity (Wildman–Crippen MR) is 91.6 cm³/mol. The molecule has 0 spiro atoms. The monoisotopic (exact) mass is 288 g/mol. The Bertz CT molecular complexity index is 683. The summed E-state index contributed by atoms with van der Waals surface area (Å²) in [5, 5.41) is 1.10. The molecule has 1 nitrogen and oxygen atoms in total. The van der Waals surface area contributed by atoms with E-state index < -0.39 is 0 Å². The normalized spacial score (nSPS) is 13.9. The van der Waals surface area contributed by atoms with E-state index >= 15 is 0 Å². The van der Waals surface area contributed by atoms with Gasteiger partial charge in [0.15, 0.2) is 0 Å². The smallest absolute Gasteiger partial charge is 0.0711 e. The minimum absolute atomic E-state index is 1.07. The van der Waals surface area contributed by atoms with Crippen molar-refractivity contribution in [3.8, 4) is 0 Å². The molecule has 0 aromatic heterocycles. The zero-order valence-corrected chi connectivity index (χ0v) is 13.2. The first-order valence-corrected chi connectivity index (χ1v) is 7.78. The molecule has 0 aliphatic heterocycles. The summed E-state index contributed by atoms with van der Waals surface area (Å²) in [5.41, 5.74) is 5.04. The van der Waals surface area contributed by atoms with E-state index in [2.05, 4.69) is 88.8 Å². The van der Waals surface area contributed by atoms with Gasteiger partial charge in [-0.3, -0.25) is 0 Å². The van der Waals surface area contributed by atoms with Crippen LogP contribution in [0.3, 0.4) is 0 Å². The largest absolute Gasteiger partial charge is 0.314 e. The summed E-state index contributed by atoms with van der Waals surface area (Å²) in [6.45, 7) is 2.14. The lowest BCUT2D eigenvalue weighted by atomic mass is 10.1. The highest BCUT2D eigenvalue weighted by molar-refractivity contribution is 6.32. The van der Waals surface area contributed by atoms with E-state index in [1.807, 2.05) is 0 Å². The molecule has 2 aromatic carbocycles. The average Bonchev–Trinajstić information content (AvgIpc) is 2.51. The van der Waals surface area contributed by atoms with E-state index in [9.17, 15) is 0 Å². The third kappa shape index (κ3) is 3.17. The Morgan fingerprint density at radius 1 is 1.00 bits per heavy atom. The van der Waals surface area contributed by atoms with Crippen molar-refractivity contribution >= 4 is 26.8 Å². The molecule has 3 rings (SSSR count). The highest BCUT2D eigenvalue weighted by Crippen LogP contribution is 2.32. The molecular formula is C19H18NSi. The molecule has 103 valence electrons. The fourth-order valence-electron chi connectivity index (χ4n) is 2.63. The van der Waals surface area contributed by atoms with E-state index in [1.165, 1.54) is 22.6 Å². The van der Waals surface area contributed by atoms with Gasteiger partial charge in [-0.15, -0.1) is 0 Å². The minimum Gasteiger partial charge on any atom is -0.314 e. The number of nitrogens with zero attached hydrogens (tertiary/aromatic N) is 1. The molecule has 0 saturated heterocycles. The average molecular weight is 288 g/mol. The quantitative estimate of drug-likeness (QED) is 0.767. The van der Waals surface area contributed by atoms with Crippen molar-refractivity contribution in [2.45, 2.75) is 19.8 Å². The van der Waals surface area contributed by atoms with Crippen LogP contribution in [0.2, 0.25) is 0 Å². The van der Waals surface area contributed by atoms with Gasteiger partial charge in [0.1, 0.15) is 0 Å². The summed E-state index contributed by atoms with van der Waals surface area (Å²) >= 11 is 0. The first-order valence-electron chi connectivity index (χ1n) is 7.28. The number of anilines is 2. The molecule has 0 saturated carbocycles. The Labute approximate surface area is 130 Å². The van der Waals surface area contributed by atoms with Crippen LogP contribution in [-0.2, 0) is 0 Å². The highest BCUT2D eigenvalue weighted by Gasteiger charge is 2.15. The summed E-state index contributed by atoms with van der Waals surface area (Å²) in [6.07, 6.45) is 8.76. The molecule has 21 heavy (non-hydrogen) atoms. The van der Waals surface area contributed by atoms with Crippen LogP contribution in [0.5, 0.6) is 0 Å². The third-order valence-electron chi connectivity index (χ3n) is 3.66. The maximum Gasteiger partial charge on any atom is 0.0711 e. The molecule has 0 amide bonds. The minimum atomic E-state index is 1.07. The first-order chi connectivity index (χ1) is 10.2. The van der Waals surface area contributed by atoms with Gasteiger partial charge in [0.25, 0.3) is 0 Å². The van der Waals surface area contributed by atoms with Crippen LogP contribution in [0.1, 0.15) is 18.4 Å². The summed E-state index contributed by atoms with van der Waals surface area (Å²) < 4.78 is 0. The Hall–Kier alpha value is -2.06. The van der Waals surface area contributed by atoms with Crippen molar-refractivity contribution in [2.24, 2.45) is 0 Å². The lowest BCUT2D eigenvalue weighted by molar-refractivity contribution is 0.917. The van der Waals surface area contributed by atoms with Crippen molar-refractivity contribution in [3.05, 3.63) is 78.0 Å². The van der Waals surface area contributed by atoms with Gasteiger partial charge in [0.2, 0.25) is 0 Å². The molecule has 0 heterocycles. The molecule has 2 aromatic rings. The molecule has 0 unspecified atom stereocenters. The number of allylic oxidation sites excluding steroid dienone is 4. The number of hydrogen-bond acceptors (Lipinski definition) is 1. The van der Waals surface area contributed by atoms with E-state index in [0.29, 0.717) is 0 Å². The zero-order chi connectivity index (χ0) is 14.7. The first kappa shape index (κ1) is 13.9. The van der Waals surface area contributed by atoms with Gasteiger partial charge in [0.05, 0.1) is 10.2 Å². The molecular weight excluding hydrogens is 270 g/mol. The fraction of sp³-hybridized carbons (Fsp3) is 0.158. The topological polar surface area (TPSA) is 3.24 Å². The van der Waals surface area contributed by atoms with Gasteiger partial charge in [-0.1, -0.05) is 41.6 Å². The SMILES string of the molecule is Cc1cccc(N(C2=CC=CCC2)c2ccc([Si])cc2)c1.